The minimum Gasteiger partial charge on any atom is -0.368 e. The van der Waals surface area contributed by atoms with E-state index in [9.17, 15) is 4.79 Å². The molecule has 0 saturated carbocycles. The van der Waals surface area contributed by atoms with Crippen molar-refractivity contribution in [3.8, 4) is 0 Å². The standard InChI is InChI=1S/C13H19N7OS/c1-7(2)10-16-17-11(22-10)12(21)20-6-4-5-8(20)9-15-13(14)19(3)18-9/h7-8H,4-6H2,1-3H3,(H2,14,15,18). The van der Waals surface area contributed by atoms with E-state index >= 15 is 0 Å². The molecule has 2 aromatic heterocycles. The number of nitrogens with two attached hydrogens (primary N) is 1. The normalized spacial score (nSPS) is 18.4. The molecule has 0 aliphatic carbocycles. The molecule has 3 heterocycles. The van der Waals surface area contributed by atoms with Crippen LogP contribution in [-0.2, 0) is 7.05 Å². The molecule has 1 fully saturated rings. The summed E-state index contributed by atoms with van der Waals surface area (Å²) in [7, 11) is 1.74. The zero-order valence-electron chi connectivity index (χ0n) is 12.9. The molecule has 2 N–H and O–H groups in total. The van der Waals surface area contributed by atoms with Gasteiger partial charge in [-0.15, -0.1) is 10.2 Å². The molecule has 1 saturated heterocycles. The highest BCUT2D eigenvalue weighted by Gasteiger charge is 2.35. The first kappa shape index (κ1) is 14.9. The molecule has 3 rings (SSSR count). The molecular weight excluding hydrogens is 302 g/mol. The van der Waals surface area contributed by atoms with Crippen LogP contribution in [0, 0.1) is 0 Å². The van der Waals surface area contributed by atoms with Gasteiger partial charge in [0.1, 0.15) is 5.01 Å². The molecule has 22 heavy (non-hydrogen) atoms. The van der Waals surface area contributed by atoms with Crippen LogP contribution >= 0.6 is 11.3 Å². The highest BCUT2D eigenvalue weighted by atomic mass is 32.1. The summed E-state index contributed by atoms with van der Waals surface area (Å²) in [6.07, 6.45) is 1.76. The molecule has 1 aliphatic rings. The zero-order valence-corrected chi connectivity index (χ0v) is 13.7. The van der Waals surface area contributed by atoms with Crippen molar-refractivity contribution in [1.82, 2.24) is 29.9 Å². The second kappa shape index (κ2) is 5.64. The average molecular weight is 321 g/mol. The number of likely N-dealkylation sites (tertiary alicyclic amines) is 1. The summed E-state index contributed by atoms with van der Waals surface area (Å²) < 4.78 is 1.53. The molecule has 0 bridgehead atoms. The molecule has 0 spiro atoms. The number of rotatable bonds is 3. The summed E-state index contributed by atoms with van der Waals surface area (Å²) in [4.78, 5) is 18.7. The Kier molecular flexibility index (Phi) is 3.81. The predicted molar refractivity (Wildman–Crippen MR) is 82.4 cm³/mol. The first-order chi connectivity index (χ1) is 10.5. The summed E-state index contributed by atoms with van der Waals surface area (Å²) in [5, 5.41) is 13.7. The Bertz CT molecular complexity index is 673. The van der Waals surface area contributed by atoms with E-state index in [2.05, 4.69) is 20.3 Å². The van der Waals surface area contributed by atoms with E-state index in [0.29, 0.717) is 23.3 Å². The van der Waals surface area contributed by atoms with Crippen LogP contribution in [0.4, 0.5) is 5.95 Å². The number of aromatic nitrogens is 5. The zero-order chi connectivity index (χ0) is 15.9. The fourth-order valence-electron chi connectivity index (χ4n) is 2.51. The predicted octanol–water partition coefficient (Wildman–Crippen LogP) is 1.35. The largest absolute Gasteiger partial charge is 0.368 e. The van der Waals surface area contributed by atoms with E-state index in [1.807, 2.05) is 13.8 Å². The molecule has 1 aliphatic heterocycles. The van der Waals surface area contributed by atoms with E-state index in [1.165, 1.54) is 16.0 Å². The molecule has 2 aromatic rings. The summed E-state index contributed by atoms with van der Waals surface area (Å²) in [6.45, 7) is 4.75. The van der Waals surface area contributed by atoms with Crippen LogP contribution < -0.4 is 5.73 Å². The van der Waals surface area contributed by atoms with Gasteiger partial charge < -0.3 is 10.6 Å². The van der Waals surface area contributed by atoms with Crippen molar-refractivity contribution in [2.24, 2.45) is 7.05 Å². The molecule has 8 nitrogen and oxygen atoms in total. The molecule has 0 radical (unpaired) electrons. The first-order valence-corrected chi connectivity index (χ1v) is 8.09. The highest BCUT2D eigenvalue weighted by Crippen LogP contribution is 2.32. The topological polar surface area (TPSA) is 103 Å². The van der Waals surface area contributed by atoms with Gasteiger partial charge in [0.05, 0.1) is 6.04 Å². The summed E-state index contributed by atoms with van der Waals surface area (Å²) in [5.41, 5.74) is 5.74. The van der Waals surface area contributed by atoms with Crippen molar-refractivity contribution in [3.05, 3.63) is 15.8 Å². The van der Waals surface area contributed by atoms with Gasteiger partial charge >= 0.3 is 0 Å². The Hall–Kier alpha value is -2.03. The van der Waals surface area contributed by atoms with Gasteiger partial charge in [-0.25, -0.2) is 4.68 Å². The second-order valence-corrected chi connectivity index (χ2v) is 6.72. The Balaban J connectivity index is 1.84. The van der Waals surface area contributed by atoms with Gasteiger partial charge in [-0.1, -0.05) is 25.2 Å². The number of hydrogen-bond donors (Lipinski definition) is 1. The monoisotopic (exact) mass is 321 g/mol. The SMILES string of the molecule is CC(C)c1nnc(C(=O)N2CCCC2c2nc(N)n(C)n2)s1. The van der Waals surface area contributed by atoms with Crippen LogP contribution in [0.2, 0.25) is 0 Å². The van der Waals surface area contributed by atoms with Gasteiger partial charge in [0.2, 0.25) is 11.0 Å². The minimum absolute atomic E-state index is 0.0991. The summed E-state index contributed by atoms with van der Waals surface area (Å²) in [6, 6.07) is -0.137. The van der Waals surface area contributed by atoms with Crippen molar-refractivity contribution in [1.29, 1.82) is 0 Å². The van der Waals surface area contributed by atoms with Gasteiger partial charge in [-0.05, 0) is 12.8 Å². The van der Waals surface area contributed by atoms with Crippen LogP contribution in [0.25, 0.3) is 0 Å². The summed E-state index contributed by atoms with van der Waals surface area (Å²) >= 11 is 1.36. The Morgan fingerprint density at radius 2 is 2.18 bits per heavy atom. The van der Waals surface area contributed by atoms with E-state index in [-0.39, 0.29) is 17.9 Å². The van der Waals surface area contributed by atoms with Gasteiger partial charge in [-0.3, -0.25) is 4.79 Å². The van der Waals surface area contributed by atoms with E-state index in [0.717, 1.165) is 17.8 Å². The van der Waals surface area contributed by atoms with Crippen LogP contribution in [0.3, 0.4) is 0 Å². The second-order valence-electron chi connectivity index (χ2n) is 5.71. The molecule has 1 atom stereocenters. The van der Waals surface area contributed by atoms with Crippen molar-refractivity contribution >= 4 is 23.2 Å². The third kappa shape index (κ3) is 2.56. The van der Waals surface area contributed by atoms with Gasteiger partial charge in [-0.2, -0.15) is 10.1 Å². The number of nitrogen functional groups attached to an aromatic ring is 1. The van der Waals surface area contributed by atoms with Crippen LogP contribution in [0.5, 0.6) is 0 Å². The maximum Gasteiger partial charge on any atom is 0.285 e. The molecular formula is C13H19N7OS. The Morgan fingerprint density at radius 1 is 1.41 bits per heavy atom. The van der Waals surface area contributed by atoms with Gasteiger partial charge in [0.15, 0.2) is 5.82 Å². The lowest BCUT2D eigenvalue weighted by molar-refractivity contribution is 0.0728. The molecule has 1 amide bonds. The van der Waals surface area contributed by atoms with Crippen molar-refractivity contribution in [2.75, 3.05) is 12.3 Å². The fourth-order valence-corrected chi connectivity index (χ4v) is 3.32. The molecule has 118 valence electrons. The number of aryl methyl sites for hydroxylation is 1. The lowest BCUT2D eigenvalue weighted by atomic mass is 10.2. The van der Waals surface area contributed by atoms with Crippen molar-refractivity contribution in [3.63, 3.8) is 0 Å². The Morgan fingerprint density at radius 3 is 2.77 bits per heavy atom. The number of carbonyl (C=O) groups excluding carboxylic acids is 1. The lowest BCUT2D eigenvalue weighted by Crippen LogP contribution is -2.31. The van der Waals surface area contributed by atoms with E-state index < -0.39 is 0 Å². The molecule has 9 heteroatoms. The lowest BCUT2D eigenvalue weighted by Gasteiger charge is -2.20. The number of amides is 1. The minimum atomic E-state index is -0.137. The van der Waals surface area contributed by atoms with Gasteiger partial charge in [0.25, 0.3) is 5.91 Å². The van der Waals surface area contributed by atoms with Crippen molar-refractivity contribution < 1.29 is 4.79 Å². The maximum atomic E-state index is 12.7. The summed E-state index contributed by atoms with van der Waals surface area (Å²) in [5.74, 6) is 1.12. The van der Waals surface area contributed by atoms with E-state index in [1.54, 1.807) is 11.9 Å². The smallest absolute Gasteiger partial charge is 0.285 e. The van der Waals surface area contributed by atoms with Gasteiger partial charge in [0, 0.05) is 19.5 Å². The number of carbonyl (C=O) groups is 1. The van der Waals surface area contributed by atoms with Crippen LogP contribution in [0.15, 0.2) is 0 Å². The van der Waals surface area contributed by atoms with Crippen molar-refractivity contribution in [2.45, 2.75) is 38.6 Å². The molecule has 0 aromatic carbocycles. The third-order valence-corrected chi connectivity index (χ3v) is 4.95. The number of anilines is 1. The quantitative estimate of drug-likeness (QED) is 0.915. The number of nitrogens with zero attached hydrogens (tertiary/aromatic N) is 6. The first-order valence-electron chi connectivity index (χ1n) is 7.28. The van der Waals surface area contributed by atoms with Crippen LogP contribution in [0.1, 0.15) is 59.3 Å². The molecule has 1 unspecified atom stereocenters. The average Bonchev–Trinajstić information content (AvgIpc) is 3.18. The van der Waals surface area contributed by atoms with Crippen LogP contribution in [-0.4, -0.2) is 42.3 Å². The highest BCUT2D eigenvalue weighted by molar-refractivity contribution is 7.13. The van der Waals surface area contributed by atoms with E-state index in [4.69, 9.17) is 5.73 Å². The fraction of sp³-hybridized carbons (Fsp3) is 0.615. The Labute approximate surface area is 132 Å². The number of hydrogen-bond acceptors (Lipinski definition) is 7. The maximum absolute atomic E-state index is 12.7. The third-order valence-electron chi connectivity index (χ3n) is 3.74.